The molecule has 0 unspecified atom stereocenters. The maximum absolute atomic E-state index is 11.2. The Balaban J connectivity index is 2.49. The number of aromatic amines is 1. The highest BCUT2D eigenvalue weighted by molar-refractivity contribution is 5.23. The molecule has 64 valence electrons. The van der Waals surface area contributed by atoms with Gasteiger partial charge in [-0.3, -0.25) is 4.79 Å². The SMILES string of the molecule is CN1CCc2c(cn[nH]c2=O)C1. The zero-order valence-corrected chi connectivity index (χ0v) is 7.00. The number of fused-ring (bicyclic) bond motifs is 1. The highest BCUT2D eigenvalue weighted by Gasteiger charge is 2.15. The Labute approximate surface area is 70.2 Å². The molecule has 1 aromatic rings. The van der Waals surface area contributed by atoms with Gasteiger partial charge in [0.25, 0.3) is 5.56 Å². The Morgan fingerprint density at radius 3 is 3.33 bits per heavy atom. The first-order valence-corrected chi connectivity index (χ1v) is 4.01. The minimum Gasteiger partial charge on any atom is -0.302 e. The van der Waals surface area contributed by atoms with Crippen LogP contribution in [0.5, 0.6) is 0 Å². The molecular formula is C8H11N3O. The third-order valence-electron chi connectivity index (χ3n) is 2.23. The van der Waals surface area contributed by atoms with Gasteiger partial charge in [-0.15, -0.1) is 0 Å². The van der Waals surface area contributed by atoms with Gasteiger partial charge in [0.15, 0.2) is 0 Å². The molecule has 0 spiro atoms. The van der Waals surface area contributed by atoms with Crippen LogP contribution in [0.3, 0.4) is 0 Å². The molecule has 12 heavy (non-hydrogen) atoms. The van der Waals surface area contributed by atoms with Crippen LogP contribution in [0, 0.1) is 0 Å². The Hall–Kier alpha value is -1.16. The van der Waals surface area contributed by atoms with E-state index in [2.05, 4.69) is 15.1 Å². The molecule has 1 N–H and O–H groups in total. The van der Waals surface area contributed by atoms with Crippen LogP contribution in [0.25, 0.3) is 0 Å². The summed E-state index contributed by atoms with van der Waals surface area (Å²) in [5.74, 6) is 0. The number of hydrogen-bond donors (Lipinski definition) is 1. The van der Waals surface area contributed by atoms with Crippen LogP contribution < -0.4 is 5.56 Å². The second kappa shape index (κ2) is 2.71. The first-order chi connectivity index (χ1) is 5.77. The van der Waals surface area contributed by atoms with Crippen molar-refractivity contribution >= 4 is 0 Å². The monoisotopic (exact) mass is 165 g/mol. The van der Waals surface area contributed by atoms with E-state index in [0.717, 1.165) is 30.6 Å². The van der Waals surface area contributed by atoms with Crippen LogP contribution in [0.2, 0.25) is 0 Å². The molecule has 0 aromatic carbocycles. The van der Waals surface area contributed by atoms with Gasteiger partial charge in [0, 0.05) is 18.7 Å². The average molecular weight is 165 g/mol. The van der Waals surface area contributed by atoms with Crippen molar-refractivity contribution in [3.8, 4) is 0 Å². The Morgan fingerprint density at radius 2 is 2.50 bits per heavy atom. The predicted octanol–water partition coefficient (Wildman–Crippen LogP) is -0.242. The second-order valence-corrected chi connectivity index (χ2v) is 3.19. The normalized spacial score (nSPS) is 17.4. The van der Waals surface area contributed by atoms with Crippen LogP contribution in [-0.2, 0) is 13.0 Å². The van der Waals surface area contributed by atoms with Crippen molar-refractivity contribution in [2.75, 3.05) is 13.6 Å². The molecule has 0 radical (unpaired) electrons. The molecule has 0 bridgehead atoms. The van der Waals surface area contributed by atoms with E-state index in [9.17, 15) is 4.79 Å². The first-order valence-electron chi connectivity index (χ1n) is 4.01. The molecule has 0 saturated carbocycles. The molecule has 4 nitrogen and oxygen atoms in total. The van der Waals surface area contributed by atoms with Crippen LogP contribution in [0.4, 0.5) is 0 Å². The van der Waals surface area contributed by atoms with Gasteiger partial charge in [0.2, 0.25) is 0 Å². The van der Waals surface area contributed by atoms with Crippen LogP contribution >= 0.6 is 0 Å². The smallest absolute Gasteiger partial charge is 0.267 e. The van der Waals surface area contributed by atoms with E-state index in [4.69, 9.17) is 0 Å². The Morgan fingerprint density at radius 1 is 1.67 bits per heavy atom. The summed E-state index contributed by atoms with van der Waals surface area (Å²) in [4.78, 5) is 13.4. The van der Waals surface area contributed by atoms with E-state index in [0.29, 0.717) is 0 Å². The minimum atomic E-state index is -0.0272. The molecule has 0 atom stereocenters. The molecule has 0 saturated heterocycles. The summed E-state index contributed by atoms with van der Waals surface area (Å²) in [5.41, 5.74) is 1.94. The molecule has 1 aromatic heterocycles. The molecule has 1 aliphatic heterocycles. The van der Waals surface area contributed by atoms with E-state index >= 15 is 0 Å². The molecule has 0 fully saturated rings. The number of nitrogens with one attached hydrogen (secondary N) is 1. The number of aromatic nitrogens is 2. The maximum atomic E-state index is 11.2. The number of rotatable bonds is 0. The standard InChI is InChI=1S/C8H11N3O/c1-11-3-2-7-6(5-11)4-9-10-8(7)12/h4H,2-3,5H2,1H3,(H,10,12). The van der Waals surface area contributed by atoms with Gasteiger partial charge in [-0.2, -0.15) is 5.10 Å². The summed E-state index contributed by atoms with van der Waals surface area (Å²) >= 11 is 0. The molecule has 2 rings (SSSR count). The number of nitrogens with zero attached hydrogens (tertiary/aromatic N) is 2. The highest BCUT2D eigenvalue weighted by atomic mass is 16.1. The molecule has 0 amide bonds. The number of hydrogen-bond acceptors (Lipinski definition) is 3. The number of H-pyrrole nitrogens is 1. The van der Waals surface area contributed by atoms with Gasteiger partial charge in [-0.1, -0.05) is 0 Å². The summed E-state index contributed by atoms with van der Waals surface area (Å²) in [6.07, 6.45) is 2.58. The highest BCUT2D eigenvalue weighted by Crippen LogP contribution is 2.11. The lowest BCUT2D eigenvalue weighted by atomic mass is 10.0. The van der Waals surface area contributed by atoms with Crippen molar-refractivity contribution in [3.05, 3.63) is 27.7 Å². The molecule has 1 aliphatic rings. The van der Waals surface area contributed by atoms with Crippen molar-refractivity contribution in [1.82, 2.24) is 15.1 Å². The Bertz CT molecular complexity index is 344. The summed E-state index contributed by atoms with van der Waals surface area (Å²) < 4.78 is 0. The molecule has 2 heterocycles. The number of likely N-dealkylation sites (N-methyl/N-ethyl adjacent to an activating group) is 1. The third kappa shape index (κ3) is 1.14. The van der Waals surface area contributed by atoms with Crippen molar-refractivity contribution in [2.45, 2.75) is 13.0 Å². The van der Waals surface area contributed by atoms with E-state index < -0.39 is 0 Å². The lowest BCUT2D eigenvalue weighted by molar-refractivity contribution is 0.310. The summed E-state index contributed by atoms with van der Waals surface area (Å²) in [5, 5.41) is 6.22. The fourth-order valence-electron chi connectivity index (χ4n) is 1.54. The average Bonchev–Trinajstić information content (AvgIpc) is 2.04. The van der Waals surface area contributed by atoms with E-state index in [1.165, 1.54) is 0 Å². The maximum Gasteiger partial charge on any atom is 0.267 e. The van der Waals surface area contributed by atoms with Crippen LogP contribution in [-0.4, -0.2) is 28.7 Å². The fourth-order valence-corrected chi connectivity index (χ4v) is 1.54. The first kappa shape index (κ1) is 7.49. The lowest BCUT2D eigenvalue weighted by Crippen LogP contribution is -2.31. The minimum absolute atomic E-state index is 0.0272. The molecular weight excluding hydrogens is 154 g/mol. The summed E-state index contributed by atoms with van der Waals surface area (Å²) in [6, 6.07) is 0. The van der Waals surface area contributed by atoms with Gasteiger partial charge in [0.1, 0.15) is 0 Å². The lowest BCUT2D eigenvalue weighted by Gasteiger charge is -2.23. The predicted molar refractivity (Wildman–Crippen MR) is 44.9 cm³/mol. The van der Waals surface area contributed by atoms with Gasteiger partial charge in [0.05, 0.1) is 6.20 Å². The van der Waals surface area contributed by atoms with Crippen molar-refractivity contribution in [2.24, 2.45) is 0 Å². The summed E-state index contributed by atoms with van der Waals surface area (Å²) in [6.45, 7) is 1.80. The third-order valence-corrected chi connectivity index (χ3v) is 2.23. The largest absolute Gasteiger partial charge is 0.302 e. The summed E-state index contributed by atoms with van der Waals surface area (Å²) in [7, 11) is 2.05. The zero-order chi connectivity index (χ0) is 8.55. The van der Waals surface area contributed by atoms with Gasteiger partial charge in [-0.25, -0.2) is 5.10 Å². The van der Waals surface area contributed by atoms with Gasteiger partial charge >= 0.3 is 0 Å². The topological polar surface area (TPSA) is 49.0 Å². The molecule has 4 heteroatoms. The van der Waals surface area contributed by atoms with Crippen molar-refractivity contribution < 1.29 is 0 Å². The molecule has 0 aliphatic carbocycles. The van der Waals surface area contributed by atoms with Gasteiger partial charge < -0.3 is 4.90 Å². The van der Waals surface area contributed by atoms with Gasteiger partial charge in [-0.05, 0) is 19.0 Å². The fraction of sp³-hybridized carbons (Fsp3) is 0.500. The van der Waals surface area contributed by atoms with E-state index in [1.807, 2.05) is 7.05 Å². The zero-order valence-electron chi connectivity index (χ0n) is 7.00. The van der Waals surface area contributed by atoms with Crippen molar-refractivity contribution in [1.29, 1.82) is 0 Å². The quantitative estimate of drug-likeness (QED) is 0.577. The second-order valence-electron chi connectivity index (χ2n) is 3.19. The van der Waals surface area contributed by atoms with Crippen LogP contribution in [0.1, 0.15) is 11.1 Å². The Kier molecular flexibility index (Phi) is 1.69. The van der Waals surface area contributed by atoms with Crippen LogP contribution in [0.15, 0.2) is 11.0 Å². The van der Waals surface area contributed by atoms with E-state index in [1.54, 1.807) is 6.20 Å². The van der Waals surface area contributed by atoms with Crippen molar-refractivity contribution in [3.63, 3.8) is 0 Å². The van der Waals surface area contributed by atoms with E-state index in [-0.39, 0.29) is 5.56 Å².